The molecule has 3 heterocycles. The molecule has 126 valence electrons. The van der Waals surface area contributed by atoms with Gasteiger partial charge in [-0.2, -0.15) is 5.10 Å². The van der Waals surface area contributed by atoms with Gasteiger partial charge in [-0.05, 0) is 31.0 Å². The molecule has 0 radical (unpaired) electrons. The Hall–Kier alpha value is -3.09. The van der Waals surface area contributed by atoms with E-state index in [0.717, 1.165) is 17.0 Å². The van der Waals surface area contributed by atoms with Crippen LogP contribution in [0.25, 0.3) is 11.4 Å². The van der Waals surface area contributed by atoms with Crippen LogP contribution >= 0.6 is 0 Å². The molecule has 3 aromatic rings. The molecule has 0 aromatic carbocycles. The fraction of sp³-hybridized carbons (Fsp3) is 0.278. The molecule has 1 amide bonds. The van der Waals surface area contributed by atoms with E-state index >= 15 is 0 Å². The number of nitrogens with one attached hydrogen (secondary N) is 1. The molecule has 1 fully saturated rings. The number of carbonyl (C=O) groups is 1. The van der Waals surface area contributed by atoms with E-state index in [-0.39, 0.29) is 5.91 Å². The van der Waals surface area contributed by atoms with E-state index in [4.69, 9.17) is 0 Å². The van der Waals surface area contributed by atoms with Crippen molar-refractivity contribution < 1.29 is 4.79 Å². The van der Waals surface area contributed by atoms with Gasteiger partial charge >= 0.3 is 0 Å². The van der Waals surface area contributed by atoms with Crippen molar-refractivity contribution in [1.82, 2.24) is 30.0 Å². The molecule has 0 saturated heterocycles. The fourth-order valence-corrected chi connectivity index (χ4v) is 2.68. The van der Waals surface area contributed by atoms with Gasteiger partial charge in [0, 0.05) is 43.3 Å². The number of aromatic nitrogens is 5. The lowest BCUT2D eigenvalue weighted by atomic mass is 10.2. The summed E-state index contributed by atoms with van der Waals surface area (Å²) in [6, 6.07) is 5.71. The maximum absolute atomic E-state index is 12.6. The van der Waals surface area contributed by atoms with Crippen LogP contribution in [-0.2, 0) is 6.54 Å². The van der Waals surface area contributed by atoms with Crippen LogP contribution < -0.4 is 0 Å². The Morgan fingerprint density at radius 2 is 1.96 bits per heavy atom. The van der Waals surface area contributed by atoms with Crippen molar-refractivity contribution in [3.63, 3.8) is 0 Å². The summed E-state index contributed by atoms with van der Waals surface area (Å²) in [6.45, 7) is 0.477. The minimum absolute atomic E-state index is 0.121. The van der Waals surface area contributed by atoms with Crippen LogP contribution in [0.3, 0.4) is 0 Å². The van der Waals surface area contributed by atoms with Gasteiger partial charge in [0.25, 0.3) is 5.91 Å². The van der Waals surface area contributed by atoms with Gasteiger partial charge in [-0.15, -0.1) is 0 Å². The standard InChI is InChI=1S/C18H18N6O/c1-24(11-15-8-16(23-22-15)12-2-3-12)18(25)14-9-20-17(21-10-14)13-4-6-19-7-5-13/h4-10,12H,2-3,11H2,1H3,(H,22,23). The Labute approximate surface area is 145 Å². The lowest BCUT2D eigenvalue weighted by molar-refractivity contribution is 0.0782. The highest BCUT2D eigenvalue weighted by molar-refractivity contribution is 5.93. The molecule has 0 bridgehead atoms. The van der Waals surface area contributed by atoms with Crippen molar-refractivity contribution in [2.24, 2.45) is 0 Å². The fourth-order valence-electron chi connectivity index (χ4n) is 2.68. The smallest absolute Gasteiger partial charge is 0.257 e. The van der Waals surface area contributed by atoms with E-state index < -0.39 is 0 Å². The van der Waals surface area contributed by atoms with Crippen molar-refractivity contribution >= 4 is 5.91 Å². The van der Waals surface area contributed by atoms with Crippen LogP contribution in [0, 0.1) is 0 Å². The van der Waals surface area contributed by atoms with Gasteiger partial charge in [0.15, 0.2) is 5.82 Å². The number of hydrogen-bond donors (Lipinski definition) is 1. The second-order valence-corrected chi connectivity index (χ2v) is 6.28. The van der Waals surface area contributed by atoms with Gasteiger partial charge in [-0.25, -0.2) is 9.97 Å². The first-order valence-electron chi connectivity index (χ1n) is 8.23. The molecule has 7 heteroatoms. The number of hydrogen-bond acceptors (Lipinski definition) is 5. The number of pyridine rings is 1. The van der Waals surface area contributed by atoms with Gasteiger partial charge in [-0.3, -0.25) is 14.9 Å². The first-order chi connectivity index (χ1) is 12.2. The molecule has 4 rings (SSSR count). The normalized spacial score (nSPS) is 13.6. The lowest BCUT2D eigenvalue weighted by Gasteiger charge is -2.15. The van der Waals surface area contributed by atoms with Crippen LogP contribution in [0.1, 0.15) is 40.5 Å². The van der Waals surface area contributed by atoms with E-state index in [1.165, 1.54) is 12.8 Å². The first-order valence-corrected chi connectivity index (χ1v) is 8.23. The second-order valence-electron chi connectivity index (χ2n) is 6.28. The van der Waals surface area contributed by atoms with E-state index in [1.54, 1.807) is 36.7 Å². The number of rotatable bonds is 5. The second kappa shape index (κ2) is 6.43. The number of amides is 1. The molecule has 1 saturated carbocycles. The van der Waals surface area contributed by atoms with Crippen molar-refractivity contribution in [2.45, 2.75) is 25.3 Å². The van der Waals surface area contributed by atoms with Gasteiger partial charge in [-0.1, -0.05) is 0 Å². The van der Waals surface area contributed by atoms with Crippen LogP contribution in [0.15, 0.2) is 43.0 Å². The zero-order valence-corrected chi connectivity index (χ0v) is 13.9. The Balaban J connectivity index is 1.44. The maximum atomic E-state index is 12.6. The number of nitrogens with zero attached hydrogens (tertiary/aromatic N) is 5. The summed E-state index contributed by atoms with van der Waals surface area (Å²) < 4.78 is 0. The number of H-pyrrole nitrogens is 1. The summed E-state index contributed by atoms with van der Waals surface area (Å²) in [5.74, 6) is 1.05. The molecule has 3 aromatic heterocycles. The summed E-state index contributed by atoms with van der Waals surface area (Å²) >= 11 is 0. The SMILES string of the molecule is CN(Cc1cc(C2CC2)n[nH]1)C(=O)c1cnc(-c2ccncc2)nc1. The minimum Gasteiger partial charge on any atom is -0.336 e. The predicted octanol–water partition coefficient (Wildman–Crippen LogP) is 2.41. The molecule has 0 atom stereocenters. The zero-order chi connectivity index (χ0) is 17.2. The largest absolute Gasteiger partial charge is 0.336 e. The molecule has 25 heavy (non-hydrogen) atoms. The monoisotopic (exact) mass is 334 g/mol. The Morgan fingerprint density at radius 3 is 2.64 bits per heavy atom. The molecule has 7 nitrogen and oxygen atoms in total. The van der Waals surface area contributed by atoms with E-state index in [0.29, 0.717) is 23.9 Å². The van der Waals surface area contributed by atoms with Crippen molar-refractivity contribution in [3.05, 3.63) is 59.9 Å². The van der Waals surface area contributed by atoms with Crippen molar-refractivity contribution in [2.75, 3.05) is 7.05 Å². The summed E-state index contributed by atoms with van der Waals surface area (Å²) in [6.07, 6.45) is 8.91. The molecule has 1 aliphatic rings. The van der Waals surface area contributed by atoms with Gasteiger partial charge in [0.05, 0.1) is 23.5 Å². The van der Waals surface area contributed by atoms with Crippen LogP contribution in [-0.4, -0.2) is 43.0 Å². The lowest BCUT2D eigenvalue weighted by Crippen LogP contribution is -2.26. The van der Waals surface area contributed by atoms with Crippen molar-refractivity contribution in [3.8, 4) is 11.4 Å². The molecule has 1 aliphatic carbocycles. The summed E-state index contributed by atoms with van der Waals surface area (Å²) in [4.78, 5) is 26.7. The third-order valence-electron chi connectivity index (χ3n) is 4.24. The zero-order valence-electron chi connectivity index (χ0n) is 13.9. The molecule has 1 N–H and O–H groups in total. The van der Waals surface area contributed by atoms with E-state index in [1.807, 2.05) is 18.2 Å². The Bertz CT molecular complexity index is 870. The topological polar surface area (TPSA) is 87.7 Å². The highest BCUT2D eigenvalue weighted by Gasteiger charge is 2.26. The number of aromatic amines is 1. The van der Waals surface area contributed by atoms with Crippen LogP contribution in [0.2, 0.25) is 0 Å². The maximum Gasteiger partial charge on any atom is 0.257 e. The summed E-state index contributed by atoms with van der Waals surface area (Å²) in [5, 5.41) is 7.33. The third kappa shape index (κ3) is 3.40. The molecule has 0 unspecified atom stereocenters. The van der Waals surface area contributed by atoms with Crippen LogP contribution in [0.4, 0.5) is 0 Å². The number of carbonyl (C=O) groups excluding carboxylic acids is 1. The van der Waals surface area contributed by atoms with E-state index in [2.05, 4.69) is 25.1 Å². The molecular formula is C18H18N6O. The highest BCUT2D eigenvalue weighted by atomic mass is 16.2. The van der Waals surface area contributed by atoms with Gasteiger partial charge in [0.2, 0.25) is 0 Å². The summed E-state index contributed by atoms with van der Waals surface area (Å²) in [5.41, 5.74) is 3.36. The van der Waals surface area contributed by atoms with Gasteiger partial charge in [0.1, 0.15) is 0 Å². The molecule has 0 spiro atoms. The Kier molecular flexibility index (Phi) is 3.97. The highest BCUT2D eigenvalue weighted by Crippen LogP contribution is 2.39. The van der Waals surface area contributed by atoms with Gasteiger partial charge < -0.3 is 4.90 Å². The first kappa shape index (κ1) is 15.4. The quantitative estimate of drug-likeness (QED) is 0.774. The average molecular weight is 334 g/mol. The summed E-state index contributed by atoms with van der Waals surface area (Å²) in [7, 11) is 1.76. The molecular weight excluding hydrogens is 316 g/mol. The molecule has 0 aliphatic heterocycles. The van der Waals surface area contributed by atoms with Crippen molar-refractivity contribution in [1.29, 1.82) is 0 Å². The minimum atomic E-state index is -0.121. The van der Waals surface area contributed by atoms with Crippen LogP contribution in [0.5, 0.6) is 0 Å². The Morgan fingerprint density at radius 1 is 1.24 bits per heavy atom. The van der Waals surface area contributed by atoms with E-state index in [9.17, 15) is 4.79 Å². The average Bonchev–Trinajstić information content (AvgIpc) is 3.41. The predicted molar refractivity (Wildman–Crippen MR) is 91.6 cm³/mol. The third-order valence-corrected chi connectivity index (χ3v) is 4.24.